The Morgan fingerprint density at radius 2 is 1.52 bits per heavy atom. The molecule has 0 amide bonds. The second-order valence-corrected chi connectivity index (χ2v) is 5.63. The first-order valence-electron chi connectivity index (χ1n) is 7.62. The summed E-state index contributed by atoms with van der Waals surface area (Å²) in [5, 5.41) is 9.15. The Morgan fingerprint density at radius 3 is 2.08 bits per heavy atom. The number of hydrogen-bond acceptors (Lipinski definition) is 4. The number of anilines is 2. The zero-order valence-corrected chi connectivity index (χ0v) is 13.1. The van der Waals surface area contributed by atoms with Gasteiger partial charge in [-0.1, -0.05) is 0 Å². The van der Waals surface area contributed by atoms with E-state index in [1.54, 1.807) is 17.0 Å². The molecule has 1 aromatic heterocycles. The summed E-state index contributed by atoms with van der Waals surface area (Å²) in [5.74, 6) is -0.273. The van der Waals surface area contributed by atoms with Gasteiger partial charge in [-0.05, 0) is 36.4 Å². The van der Waals surface area contributed by atoms with Crippen molar-refractivity contribution in [1.29, 1.82) is 5.26 Å². The third-order valence-corrected chi connectivity index (χ3v) is 4.06. The molecule has 25 heavy (non-hydrogen) atoms. The molecule has 3 rings (SSSR count). The molecule has 0 N–H and O–H groups in total. The van der Waals surface area contributed by atoms with E-state index in [2.05, 4.69) is 4.98 Å². The van der Waals surface area contributed by atoms with E-state index < -0.39 is 11.9 Å². The number of nitriles is 1. The topological polar surface area (TPSA) is 43.2 Å². The average Bonchev–Trinajstić information content (AvgIpc) is 2.61. The number of benzene rings is 1. The first-order chi connectivity index (χ1) is 11.9. The van der Waals surface area contributed by atoms with Crippen LogP contribution in [-0.4, -0.2) is 31.2 Å². The quantitative estimate of drug-likeness (QED) is 0.779. The largest absolute Gasteiger partial charge is 0.433 e. The van der Waals surface area contributed by atoms with Gasteiger partial charge in [-0.2, -0.15) is 18.4 Å². The van der Waals surface area contributed by atoms with Crippen LogP contribution in [0.15, 0.2) is 36.4 Å². The summed E-state index contributed by atoms with van der Waals surface area (Å²) in [6, 6.07) is 9.91. The van der Waals surface area contributed by atoms with Gasteiger partial charge < -0.3 is 9.80 Å². The fraction of sp³-hybridized carbons (Fsp3) is 0.294. The molecule has 8 heteroatoms. The van der Waals surface area contributed by atoms with Crippen molar-refractivity contribution in [1.82, 2.24) is 4.98 Å². The van der Waals surface area contributed by atoms with Gasteiger partial charge in [0.2, 0.25) is 0 Å². The first-order valence-corrected chi connectivity index (χ1v) is 7.62. The normalized spacial score (nSPS) is 15.2. The van der Waals surface area contributed by atoms with Crippen LogP contribution in [0.4, 0.5) is 29.1 Å². The molecule has 1 aromatic carbocycles. The second-order valence-electron chi connectivity index (χ2n) is 5.63. The van der Waals surface area contributed by atoms with Gasteiger partial charge >= 0.3 is 6.18 Å². The fourth-order valence-electron chi connectivity index (χ4n) is 2.76. The molecule has 0 bridgehead atoms. The minimum Gasteiger partial charge on any atom is -0.368 e. The number of aromatic nitrogens is 1. The maximum atomic E-state index is 13.0. The number of nitrogens with zero attached hydrogens (tertiary/aromatic N) is 4. The number of alkyl halides is 3. The van der Waals surface area contributed by atoms with Gasteiger partial charge in [0.25, 0.3) is 0 Å². The van der Waals surface area contributed by atoms with E-state index in [9.17, 15) is 17.6 Å². The van der Waals surface area contributed by atoms with E-state index in [-0.39, 0.29) is 17.2 Å². The molecule has 0 aliphatic carbocycles. The van der Waals surface area contributed by atoms with Crippen molar-refractivity contribution in [2.45, 2.75) is 6.18 Å². The molecular formula is C17H14F4N4. The van der Waals surface area contributed by atoms with Crippen molar-refractivity contribution >= 4 is 11.5 Å². The standard InChI is InChI=1S/C17H14F4N4/c18-13-2-4-14(5-3-13)24-7-9-25(10-8-24)16-12(11-22)1-6-15(23-16)17(19,20)21/h1-6H,7-10H2. The molecule has 130 valence electrons. The molecule has 1 fully saturated rings. The number of rotatable bonds is 2. The van der Waals surface area contributed by atoms with Crippen LogP contribution in [0.25, 0.3) is 0 Å². The molecule has 1 saturated heterocycles. The Balaban J connectivity index is 1.78. The molecule has 0 unspecified atom stereocenters. The summed E-state index contributed by atoms with van der Waals surface area (Å²) in [4.78, 5) is 7.34. The van der Waals surface area contributed by atoms with Crippen LogP contribution in [0.3, 0.4) is 0 Å². The summed E-state index contributed by atoms with van der Waals surface area (Å²) in [6.07, 6.45) is -4.56. The molecule has 0 atom stereocenters. The maximum Gasteiger partial charge on any atom is 0.433 e. The van der Waals surface area contributed by atoms with Crippen LogP contribution < -0.4 is 9.80 Å². The van der Waals surface area contributed by atoms with Crippen LogP contribution in [0.5, 0.6) is 0 Å². The first kappa shape index (κ1) is 17.0. The van der Waals surface area contributed by atoms with E-state index in [4.69, 9.17) is 5.26 Å². The number of pyridine rings is 1. The van der Waals surface area contributed by atoms with E-state index in [1.165, 1.54) is 12.1 Å². The Morgan fingerprint density at radius 1 is 0.920 bits per heavy atom. The van der Waals surface area contributed by atoms with Crippen LogP contribution >= 0.6 is 0 Å². The summed E-state index contributed by atoms with van der Waals surface area (Å²) in [5.41, 5.74) is -0.0516. The Labute approximate surface area is 141 Å². The van der Waals surface area contributed by atoms with Crippen LogP contribution in [-0.2, 0) is 6.18 Å². The highest BCUT2D eigenvalue weighted by Gasteiger charge is 2.34. The summed E-state index contributed by atoms with van der Waals surface area (Å²) in [6.45, 7) is 1.91. The molecule has 2 aromatic rings. The predicted octanol–water partition coefficient (Wildman–Crippen LogP) is 3.44. The summed E-state index contributed by atoms with van der Waals surface area (Å²) < 4.78 is 51.6. The van der Waals surface area contributed by atoms with Crippen molar-refractivity contribution in [3.05, 3.63) is 53.5 Å². The van der Waals surface area contributed by atoms with Gasteiger partial charge in [0.1, 0.15) is 23.4 Å². The fourth-order valence-corrected chi connectivity index (χ4v) is 2.76. The maximum absolute atomic E-state index is 13.0. The summed E-state index contributed by atoms with van der Waals surface area (Å²) in [7, 11) is 0. The van der Waals surface area contributed by atoms with Gasteiger partial charge in [-0.3, -0.25) is 0 Å². The van der Waals surface area contributed by atoms with Crippen molar-refractivity contribution in [3.63, 3.8) is 0 Å². The van der Waals surface area contributed by atoms with Crippen LogP contribution in [0, 0.1) is 17.1 Å². The van der Waals surface area contributed by atoms with E-state index in [0.717, 1.165) is 17.8 Å². The van der Waals surface area contributed by atoms with Crippen LogP contribution in [0.2, 0.25) is 0 Å². The number of halogens is 4. The SMILES string of the molecule is N#Cc1ccc(C(F)(F)F)nc1N1CCN(c2ccc(F)cc2)CC1. The Hall–Kier alpha value is -2.82. The molecule has 0 spiro atoms. The van der Waals surface area contributed by atoms with Gasteiger partial charge in [0.05, 0.1) is 5.56 Å². The molecule has 2 heterocycles. The highest BCUT2D eigenvalue weighted by molar-refractivity contribution is 5.56. The zero-order valence-electron chi connectivity index (χ0n) is 13.1. The molecule has 1 aliphatic heterocycles. The number of piperazine rings is 1. The lowest BCUT2D eigenvalue weighted by Crippen LogP contribution is -2.47. The predicted molar refractivity (Wildman–Crippen MR) is 84.8 cm³/mol. The highest BCUT2D eigenvalue weighted by Crippen LogP contribution is 2.31. The third kappa shape index (κ3) is 3.65. The third-order valence-electron chi connectivity index (χ3n) is 4.06. The highest BCUT2D eigenvalue weighted by atomic mass is 19.4. The molecule has 0 saturated carbocycles. The van der Waals surface area contributed by atoms with Crippen molar-refractivity contribution < 1.29 is 17.6 Å². The molecule has 4 nitrogen and oxygen atoms in total. The minimum absolute atomic E-state index is 0.0519. The van der Waals surface area contributed by atoms with Gasteiger partial charge in [0, 0.05) is 31.9 Å². The second kappa shape index (κ2) is 6.59. The van der Waals surface area contributed by atoms with Gasteiger partial charge in [-0.15, -0.1) is 0 Å². The van der Waals surface area contributed by atoms with Crippen molar-refractivity contribution in [3.8, 4) is 6.07 Å². The molecule has 0 radical (unpaired) electrons. The number of hydrogen-bond donors (Lipinski definition) is 0. The van der Waals surface area contributed by atoms with Gasteiger partial charge in [0.15, 0.2) is 0 Å². The van der Waals surface area contributed by atoms with Crippen molar-refractivity contribution in [2.75, 3.05) is 36.0 Å². The molecule has 1 aliphatic rings. The van der Waals surface area contributed by atoms with E-state index in [0.29, 0.717) is 26.2 Å². The van der Waals surface area contributed by atoms with E-state index in [1.807, 2.05) is 11.0 Å². The minimum atomic E-state index is -4.56. The zero-order chi connectivity index (χ0) is 18.0. The monoisotopic (exact) mass is 350 g/mol. The molecular weight excluding hydrogens is 336 g/mol. The Bertz CT molecular complexity index is 788. The van der Waals surface area contributed by atoms with E-state index >= 15 is 0 Å². The van der Waals surface area contributed by atoms with Crippen LogP contribution in [0.1, 0.15) is 11.3 Å². The lowest BCUT2D eigenvalue weighted by molar-refractivity contribution is -0.141. The smallest absolute Gasteiger partial charge is 0.368 e. The lowest BCUT2D eigenvalue weighted by Gasteiger charge is -2.37. The lowest BCUT2D eigenvalue weighted by atomic mass is 10.2. The average molecular weight is 350 g/mol. The Kier molecular flexibility index (Phi) is 4.49. The summed E-state index contributed by atoms with van der Waals surface area (Å²) >= 11 is 0. The van der Waals surface area contributed by atoms with Gasteiger partial charge in [-0.25, -0.2) is 9.37 Å². The van der Waals surface area contributed by atoms with Crippen molar-refractivity contribution in [2.24, 2.45) is 0 Å².